The van der Waals surface area contributed by atoms with E-state index in [1.54, 1.807) is 0 Å². The summed E-state index contributed by atoms with van der Waals surface area (Å²) in [6.07, 6.45) is -4.94. The lowest BCUT2D eigenvalue weighted by Crippen LogP contribution is -2.28. The number of para-hydroxylation sites is 2. The number of ether oxygens (including phenoxy) is 1. The van der Waals surface area contributed by atoms with E-state index >= 15 is 0 Å². The number of halogens is 3. The summed E-state index contributed by atoms with van der Waals surface area (Å²) < 4.78 is 67.2. The number of benzene rings is 2. The van der Waals surface area contributed by atoms with Crippen molar-refractivity contribution in [2.24, 2.45) is 0 Å². The quantitative estimate of drug-likeness (QED) is 0.558. The zero-order valence-corrected chi connectivity index (χ0v) is 14.1. The van der Waals surface area contributed by atoms with Crippen molar-refractivity contribution in [3.05, 3.63) is 64.2 Å². The number of nitro benzene ring substituents is 1. The largest absolute Gasteiger partial charge is 0.573 e. The second-order valence-corrected chi connectivity index (χ2v) is 7.15. The lowest BCUT2D eigenvalue weighted by molar-refractivity contribution is -0.387. The van der Waals surface area contributed by atoms with Crippen molar-refractivity contribution in [3.8, 4) is 5.75 Å². The molecule has 0 unspecified atom stereocenters. The molecule has 0 amide bonds. The Morgan fingerprint density at radius 2 is 1.69 bits per heavy atom. The molecule has 0 heterocycles. The molecule has 0 radical (unpaired) electrons. The van der Waals surface area contributed by atoms with Gasteiger partial charge in [-0.25, -0.2) is 8.42 Å². The molecule has 0 saturated heterocycles. The first kappa shape index (κ1) is 19.7. The second kappa shape index (κ2) is 7.30. The van der Waals surface area contributed by atoms with Gasteiger partial charge in [0.15, 0.2) is 4.90 Å². The van der Waals surface area contributed by atoms with Crippen LogP contribution in [0.4, 0.5) is 18.9 Å². The number of hydrogen-bond acceptors (Lipinski definition) is 5. The highest BCUT2D eigenvalue weighted by Gasteiger charge is 2.33. The molecule has 0 saturated carbocycles. The zero-order valence-electron chi connectivity index (χ0n) is 13.3. The van der Waals surface area contributed by atoms with Gasteiger partial charge in [-0.05, 0) is 12.1 Å². The van der Waals surface area contributed by atoms with Crippen molar-refractivity contribution in [2.45, 2.75) is 17.8 Å². The predicted octanol–water partition coefficient (Wildman–Crippen LogP) is 3.31. The summed E-state index contributed by atoms with van der Waals surface area (Å²) in [6.45, 7) is -0.472. The molecular weight excluding hydrogens is 377 g/mol. The summed E-state index contributed by atoms with van der Waals surface area (Å²) in [7, 11) is -3.21. The van der Waals surface area contributed by atoms with Gasteiger partial charge >= 0.3 is 6.36 Å². The van der Waals surface area contributed by atoms with Crippen molar-refractivity contribution in [1.29, 1.82) is 0 Å². The average Bonchev–Trinajstić information content (AvgIpc) is 2.55. The van der Waals surface area contributed by atoms with E-state index in [-0.39, 0.29) is 5.56 Å². The third-order valence-electron chi connectivity index (χ3n) is 3.34. The predicted molar refractivity (Wildman–Crippen MR) is 84.9 cm³/mol. The molecular formula is C15H13F3N2O5S. The molecule has 0 fully saturated rings. The molecule has 2 rings (SSSR count). The van der Waals surface area contributed by atoms with Crippen molar-refractivity contribution in [2.75, 3.05) is 7.05 Å². The van der Waals surface area contributed by atoms with E-state index in [0.29, 0.717) is 4.31 Å². The molecule has 2 aromatic rings. The molecule has 0 atom stereocenters. The van der Waals surface area contributed by atoms with Crippen molar-refractivity contribution >= 4 is 15.7 Å². The highest BCUT2D eigenvalue weighted by molar-refractivity contribution is 7.89. The van der Waals surface area contributed by atoms with E-state index in [4.69, 9.17) is 0 Å². The van der Waals surface area contributed by atoms with Gasteiger partial charge in [0.25, 0.3) is 5.69 Å². The first-order valence-corrected chi connectivity index (χ1v) is 8.50. The average molecular weight is 390 g/mol. The summed E-state index contributed by atoms with van der Waals surface area (Å²) >= 11 is 0. The number of sulfonamides is 1. The minimum Gasteiger partial charge on any atom is -0.405 e. The second-order valence-electron chi connectivity index (χ2n) is 5.14. The SMILES string of the molecule is CN(Cc1ccccc1OC(F)(F)F)S(=O)(=O)c1ccccc1[N+](=O)[O-]. The summed E-state index contributed by atoms with van der Waals surface area (Å²) in [6, 6.07) is 9.76. The van der Waals surface area contributed by atoms with Crippen molar-refractivity contribution in [1.82, 2.24) is 4.31 Å². The van der Waals surface area contributed by atoms with Gasteiger partial charge in [-0.15, -0.1) is 13.2 Å². The van der Waals surface area contributed by atoms with E-state index in [1.165, 1.54) is 30.3 Å². The highest BCUT2D eigenvalue weighted by Crippen LogP contribution is 2.30. The molecule has 140 valence electrons. The molecule has 7 nitrogen and oxygen atoms in total. The summed E-state index contributed by atoms with van der Waals surface area (Å²) in [5.41, 5.74) is -0.673. The van der Waals surface area contributed by atoms with Crippen molar-refractivity contribution < 1.29 is 31.2 Å². The van der Waals surface area contributed by atoms with Crippen LogP contribution in [0.2, 0.25) is 0 Å². The van der Waals surface area contributed by atoms with E-state index in [9.17, 15) is 31.7 Å². The van der Waals surface area contributed by atoms with Crippen LogP contribution in [0.25, 0.3) is 0 Å². The monoisotopic (exact) mass is 390 g/mol. The summed E-state index contributed by atoms with van der Waals surface area (Å²) in [5, 5.41) is 11.0. The molecule has 2 aromatic carbocycles. The van der Waals surface area contributed by atoms with Gasteiger partial charge in [0.05, 0.1) is 4.92 Å². The Balaban J connectivity index is 2.36. The fraction of sp³-hybridized carbons (Fsp3) is 0.200. The van der Waals surface area contributed by atoms with Gasteiger partial charge in [-0.2, -0.15) is 4.31 Å². The first-order chi connectivity index (χ1) is 12.0. The van der Waals surface area contributed by atoms with Crippen molar-refractivity contribution in [3.63, 3.8) is 0 Å². The van der Waals surface area contributed by atoms with Crippen LogP contribution in [0.1, 0.15) is 5.56 Å². The molecule has 0 aliphatic carbocycles. The Morgan fingerprint density at radius 3 is 2.31 bits per heavy atom. The molecule has 0 N–H and O–H groups in total. The molecule has 0 aliphatic rings. The normalized spacial score (nSPS) is 12.2. The maximum absolute atomic E-state index is 12.6. The number of nitro groups is 1. The number of alkyl halides is 3. The summed E-state index contributed by atoms with van der Waals surface area (Å²) in [5.74, 6) is -0.551. The molecule has 0 bridgehead atoms. The third kappa shape index (κ3) is 4.49. The first-order valence-electron chi connectivity index (χ1n) is 7.06. The third-order valence-corrected chi connectivity index (χ3v) is 5.19. The molecule has 0 spiro atoms. The Bertz CT molecular complexity index is 915. The summed E-state index contributed by atoms with van der Waals surface area (Å²) in [4.78, 5) is 9.64. The minimum atomic E-state index is -4.94. The number of rotatable bonds is 6. The minimum absolute atomic E-state index is 0.0468. The van der Waals surface area contributed by atoms with Crippen LogP contribution in [-0.4, -0.2) is 31.1 Å². The van der Waals surface area contributed by atoms with Crippen LogP contribution in [0.15, 0.2) is 53.4 Å². The van der Waals surface area contributed by atoms with E-state index in [0.717, 1.165) is 25.2 Å². The Labute approximate surface area is 146 Å². The van der Waals surface area contributed by atoms with Crippen LogP contribution in [0.5, 0.6) is 5.75 Å². The van der Waals surface area contributed by atoms with Gasteiger partial charge < -0.3 is 4.74 Å². The molecule has 26 heavy (non-hydrogen) atoms. The Hall–Kier alpha value is -2.66. The highest BCUT2D eigenvalue weighted by atomic mass is 32.2. The molecule has 0 aliphatic heterocycles. The maximum atomic E-state index is 12.6. The molecule has 0 aromatic heterocycles. The van der Waals surface area contributed by atoms with E-state index < -0.39 is 44.2 Å². The lowest BCUT2D eigenvalue weighted by atomic mass is 10.2. The van der Waals surface area contributed by atoms with Crippen LogP contribution in [-0.2, 0) is 16.6 Å². The maximum Gasteiger partial charge on any atom is 0.573 e. The van der Waals surface area contributed by atoms with Crippen LogP contribution < -0.4 is 4.74 Å². The fourth-order valence-corrected chi connectivity index (χ4v) is 3.48. The van der Waals surface area contributed by atoms with Gasteiger partial charge in [0, 0.05) is 25.2 Å². The van der Waals surface area contributed by atoms with Crippen LogP contribution in [0, 0.1) is 10.1 Å². The lowest BCUT2D eigenvalue weighted by Gasteiger charge is -2.19. The Kier molecular flexibility index (Phi) is 5.52. The molecule has 11 heteroatoms. The van der Waals surface area contributed by atoms with Gasteiger partial charge in [0.1, 0.15) is 5.75 Å². The number of hydrogen-bond donors (Lipinski definition) is 0. The standard InChI is InChI=1S/C15H13F3N2O5S/c1-19(10-11-6-2-4-8-13(11)25-15(16,17)18)26(23,24)14-9-5-3-7-12(14)20(21)22/h2-9H,10H2,1H3. The van der Waals surface area contributed by atoms with Gasteiger partial charge in [-0.3, -0.25) is 10.1 Å². The van der Waals surface area contributed by atoms with Gasteiger partial charge in [-0.1, -0.05) is 30.3 Å². The van der Waals surface area contributed by atoms with Crippen LogP contribution in [0.3, 0.4) is 0 Å². The zero-order chi connectivity index (χ0) is 19.5. The Morgan fingerprint density at radius 1 is 1.12 bits per heavy atom. The topological polar surface area (TPSA) is 89.8 Å². The van der Waals surface area contributed by atoms with E-state index in [1.807, 2.05) is 0 Å². The van der Waals surface area contributed by atoms with Gasteiger partial charge in [0.2, 0.25) is 10.0 Å². The van der Waals surface area contributed by atoms with Crippen LogP contribution >= 0.6 is 0 Å². The van der Waals surface area contributed by atoms with E-state index in [2.05, 4.69) is 4.74 Å². The smallest absolute Gasteiger partial charge is 0.405 e. The number of nitrogens with zero attached hydrogens (tertiary/aromatic N) is 2. The fourth-order valence-electron chi connectivity index (χ4n) is 2.18.